The molecule has 2 rings (SSSR count). The summed E-state index contributed by atoms with van der Waals surface area (Å²) in [4.78, 5) is 14.4. The molecule has 0 saturated carbocycles. The van der Waals surface area contributed by atoms with Crippen LogP contribution in [0.5, 0.6) is 0 Å². The van der Waals surface area contributed by atoms with E-state index in [1.54, 1.807) is 18.3 Å². The van der Waals surface area contributed by atoms with Gasteiger partial charge in [0, 0.05) is 5.38 Å². The first-order valence-corrected chi connectivity index (χ1v) is 5.82. The molecule has 2 aromatic rings. The average Bonchev–Trinajstić information content (AvgIpc) is 2.69. The van der Waals surface area contributed by atoms with Crippen LogP contribution in [0.3, 0.4) is 0 Å². The monoisotopic (exact) mass is 273 g/mol. The van der Waals surface area contributed by atoms with E-state index < -0.39 is 0 Å². The number of nitrogens with one attached hydrogen (secondary N) is 1. The van der Waals surface area contributed by atoms with Crippen LogP contribution in [0.15, 0.2) is 15.9 Å². The maximum atomic E-state index is 11.4. The summed E-state index contributed by atoms with van der Waals surface area (Å²) in [5.74, 6) is -0.303. The maximum absolute atomic E-state index is 11.4. The molecule has 0 atom stereocenters. The fourth-order valence-corrected chi connectivity index (χ4v) is 2.74. The summed E-state index contributed by atoms with van der Waals surface area (Å²) in [6.45, 7) is 2.19. The van der Waals surface area contributed by atoms with Crippen molar-refractivity contribution in [3.8, 4) is 0 Å². The molecular weight excluding hydrogens is 266 g/mol. The molecule has 0 aliphatic carbocycles. The fourth-order valence-electron chi connectivity index (χ4n) is 1.20. The van der Waals surface area contributed by atoms with E-state index in [1.165, 1.54) is 0 Å². The fraction of sp³-hybridized carbons (Fsp3) is 0.222. The Hall–Kier alpha value is -0.810. The van der Waals surface area contributed by atoms with Crippen LogP contribution in [-0.4, -0.2) is 17.6 Å². The molecule has 2 heterocycles. The van der Waals surface area contributed by atoms with Gasteiger partial charge in [0.1, 0.15) is 5.69 Å². The van der Waals surface area contributed by atoms with Crippen LogP contribution < -0.4 is 0 Å². The lowest BCUT2D eigenvalue weighted by Gasteiger charge is -1.96. The Morgan fingerprint density at radius 2 is 2.50 bits per heavy atom. The molecule has 0 aromatic carbocycles. The summed E-state index contributed by atoms with van der Waals surface area (Å²) in [6, 6.07) is 1.81. The minimum atomic E-state index is -0.303. The molecule has 0 radical (unpaired) electrons. The summed E-state index contributed by atoms with van der Waals surface area (Å²) in [6.07, 6.45) is 0. The van der Waals surface area contributed by atoms with Gasteiger partial charge in [-0.05, 0) is 28.9 Å². The Labute approximate surface area is 93.2 Å². The predicted octanol–water partition coefficient (Wildman–Crippen LogP) is 3.17. The second-order valence-corrected chi connectivity index (χ2v) is 4.49. The lowest BCUT2D eigenvalue weighted by Crippen LogP contribution is -2.04. The first kappa shape index (κ1) is 9.73. The first-order chi connectivity index (χ1) is 6.72. The van der Waals surface area contributed by atoms with Crippen LogP contribution in [0, 0.1) is 0 Å². The van der Waals surface area contributed by atoms with E-state index in [0.717, 1.165) is 14.7 Å². The van der Waals surface area contributed by atoms with Gasteiger partial charge in [-0.25, -0.2) is 4.79 Å². The van der Waals surface area contributed by atoms with Crippen molar-refractivity contribution in [1.29, 1.82) is 0 Å². The third-order valence-electron chi connectivity index (χ3n) is 1.81. The second-order valence-electron chi connectivity index (χ2n) is 2.73. The number of aromatic nitrogens is 1. The van der Waals surface area contributed by atoms with Crippen molar-refractivity contribution in [2.45, 2.75) is 6.92 Å². The summed E-state index contributed by atoms with van der Waals surface area (Å²) < 4.78 is 6.92. The summed E-state index contributed by atoms with van der Waals surface area (Å²) in [7, 11) is 0. The molecule has 0 aliphatic rings. The van der Waals surface area contributed by atoms with E-state index in [0.29, 0.717) is 12.3 Å². The van der Waals surface area contributed by atoms with Crippen molar-refractivity contribution >= 4 is 43.5 Å². The van der Waals surface area contributed by atoms with Gasteiger partial charge >= 0.3 is 5.97 Å². The molecule has 0 spiro atoms. The number of aromatic amines is 1. The second kappa shape index (κ2) is 3.74. The van der Waals surface area contributed by atoms with Crippen LogP contribution in [0.2, 0.25) is 0 Å². The summed E-state index contributed by atoms with van der Waals surface area (Å²) in [5, 5.41) is 1.98. The number of carbonyl (C=O) groups excluding carboxylic acids is 1. The molecule has 5 heteroatoms. The highest BCUT2D eigenvalue weighted by atomic mass is 79.9. The molecule has 0 aliphatic heterocycles. The molecule has 3 nitrogen and oxygen atoms in total. The molecule has 1 N–H and O–H groups in total. The minimum absolute atomic E-state index is 0.303. The topological polar surface area (TPSA) is 42.1 Å². The quantitative estimate of drug-likeness (QED) is 0.855. The number of esters is 1. The number of fused-ring (bicyclic) bond motifs is 1. The average molecular weight is 274 g/mol. The Kier molecular flexibility index (Phi) is 2.60. The molecule has 74 valence electrons. The van der Waals surface area contributed by atoms with Crippen LogP contribution in [-0.2, 0) is 4.74 Å². The van der Waals surface area contributed by atoms with Gasteiger partial charge in [-0.2, -0.15) is 0 Å². The smallest absolute Gasteiger partial charge is 0.354 e. The predicted molar refractivity (Wildman–Crippen MR) is 59.8 cm³/mol. The van der Waals surface area contributed by atoms with Gasteiger partial charge in [0.25, 0.3) is 0 Å². The minimum Gasteiger partial charge on any atom is -0.461 e. The number of ether oxygens (including phenoxy) is 1. The Morgan fingerprint density at radius 3 is 3.14 bits per heavy atom. The highest BCUT2D eigenvalue weighted by molar-refractivity contribution is 9.10. The SMILES string of the molecule is CCOC(=O)c1cc2scc(Br)c2[nH]1. The van der Waals surface area contributed by atoms with Gasteiger partial charge in [0.2, 0.25) is 0 Å². The van der Waals surface area contributed by atoms with Crippen molar-refractivity contribution in [2.24, 2.45) is 0 Å². The van der Waals surface area contributed by atoms with Crippen molar-refractivity contribution in [1.82, 2.24) is 4.98 Å². The van der Waals surface area contributed by atoms with Gasteiger partial charge in [0.15, 0.2) is 0 Å². The van der Waals surface area contributed by atoms with Gasteiger partial charge < -0.3 is 9.72 Å². The van der Waals surface area contributed by atoms with Gasteiger partial charge in [-0.15, -0.1) is 11.3 Å². The van der Waals surface area contributed by atoms with E-state index in [4.69, 9.17) is 4.74 Å². The summed E-state index contributed by atoms with van der Waals surface area (Å²) in [5.41, 5.74) is 1.47. The van der Waals surface area contributed by atoms with Gasteiger partial charge in [0.05, 0.1) is 21.3 Å². The Balaban J connectivity index is 2.40. The zero-order valence-corrected chi connectivity index (χ0v) is 9.87. The number of thiophene rings is 1. The lowest BCUT2D eigenvalue weighted by atomic mass is 10.4. The molecule has 0 saturated heterocycles. The molecule has 0 unspecified atom stereocenters. The lowest BCUT2D eigenvalue weighted by molar-refractivity contribution is 0.0520. The number of hydrogen-bond acceptors (Lipinski definition) is 3. The largest absolute Gasteiger partial charge is 0.461 e. The van der Waals surface area contributed by atoms with E-state index in [9.17, 15) is 4.79 Å². The van der Waals surface area contributed by atoms with Gasteiger partial charge in [-0.1, -0.05) is 0 Å². The van der Waals surface area contributed by atoms with E-state index in [1.807, 2.05) is 11.4 Å². The molecule has 2 aromatic heterocycles. The summed E-state index contributed by atoms with van der Waals surface area (Å²) >= 11 is 4.98. The number of halogens is 1. The highest BCUT2D eigenvalue weighted by Crippen LogP contribution is 2.30. The number of carbonyl (C=O) groups is 1. The Morgan fingerprint density at radius 1 is 1.71 bits per heavy atom. The zero-order chi connectivity index (χ0) is 10.1. The van der Waals surface area contributed by atoms with Crippen molar-refractivity contribution in [3.63, 3.8) is 0 Å². The van der Waals surface area contributed by atoms with E-state index >= 15 is 0 Å². The highest BCUT2D eigenvalue weighted by Gasteiger charge is 2.12. The third-order valence-corrected chi connectivity index (χ3v) is 3.66. The standard InChI is InChI=1S/C9H8BrNO2S/c1-2-13-9(12)6-3-7-8(11-6)5(10)4-14-7/h3-4,11H,2H2,1H3. The Bertz CT molecular complexity index is 474. The van der Waals surface area contributed by atoms with E-state index in [-0.39, 0.29) is 5.97 Å². The van der Waals surface area contributed by atoms with Crippen molar-refractivity contribution in [3.05, 3.63) is 21.6 Å². The number of hydrogen-bond donors (Lipinski definition) is 1. The van der Waals surface area contributed by atoms with Crippen LogP contribution >= 0.6 is 27.3 Å². The first-order valence-electron chi connectivity index (χ1n) is 4.15. The normalized spacial score (nSPS) is 10.7. The molecule has 0 amide bonds. The van der Waals surface area contributed by atoms with E-state index in [2.05, 4.69) is 20.9 Å². The molecular formula is C9H8BrNO2S. The van der Waals surface area contributed by atoms with Crippen molar-refractivity contribution in [2.75, 3.05) is 6.61 Å². The van der Waals surface area contributed by atoms with Crippen LogP contribution in [0.1, 0.15) is 17.4 Å². The van der Waals surface area contributed by atoms with Crippen LogP contribution in [0.4, 0.5) is 0 Å². The number of rotatable bonds is 2. The van der Waals surface area contributed by atoms with Gasteiger partial charge in [-0.3, -0.25) is 0 Å². The zero-order valence-electron chi connectivity index (χ0n) is 7.46. The maximum Gasteiger partial charge on any atom is 0.354 e. The number of H-pyrrole nitrogens is 1. The van der Waals surface area contributed by atoms with Crippen LogP contribution in [0.25, 0.3) is 10.2 Å². The third kappa shape index (κ3) is 1.57. The molecule has 0 fully saturated rings. The molecule has 0 bridgehead atoms. The molecule has 14 heavy (non-hydrogen) atoms. The van der Waals surface area contributed by atoms with Crippen molar-refractivity contribution < 1.29 is 9.53 Å².